The first kappa shape index (κ1) is 12.4. The Balaban J connectivity index is 2.36. The fourth-order valence-corrected chi connectivity index (χ4v) is 2.17. The number of imidazole rings is 1. The molecule has 2 heterocycles. The Morgan fingerprint density at radius 2 is 2.10 bits per heavy atom. The maximum Gasteiger partial charge on any atom is 0.224 e. The highest BCUT2D eigenvalue weighted by Crippen LogP contribution is 2.24. The number of nitriles is 1. The Kier molecular flexibility index (Phi) is 2.97. The number of hydrogen-bond acceptors (Lipinski definition) is 5. The van der Waals surface area contributed by atoms with Gasteiger partial charge in [-0.25, -0.2) is 9.97 Å². The Morgan fingerprint density at radius 3 is 2.90 bits per heavy atom. The minimum atomic E-state index is 0.0925. The summed E-state index contributed by atoms with van der Waals surface area (Å²) in [7, 11) is 0. The predicted octanol–water partition coefficient (Wildman–Crippen LogP) is 2.12. The average Bonchev–Trinajstić information content (AvgIpc) is 2.80. The van der Waals surface area contributed by atoms with Crippen LogP contribution in [-0.2, 0) is 6.42 Å². The number of benzene rings is 1. The minimum Gasteiger partial charge on any atom is -0.394 e. The van der Waals surface area contributed by atoms with Gasteiger partial charge < -0.3 is 5.73 Å². The van der Waals surface area contributed by atoms with Gasteiger partial charge in [-0.1, -0.05) is 12.1 Å². The predicted molar refractivity (Wildman–Crippen MR) is 75.4 cm³/mol. The Labute approximate surface area is 119 Å². The van der Waals surface area contributed by atoms with Crippen molar-refractivity contribution in [1.82, 2.24) is 19.5 Å². The number of para-hydroxylation sites is 2. The molecule has 0 aliphatic carbocycles. The van der Waals surface area contributed by atoms with Gasteiger partial charge in [-0.2, -0.15) is 10.2 Å². The zero-order valence-corrected chi connectivity index (χ0v) is 11.0. The SMILES string of the molecule is N#CCc1nc2ccccc2n1-c1nc(Cl)ncc1N. The lowest BCUT2D eigenvalue weighted by Crippen LogP contribution is -2.07. The molecule has 0 fully saturated rings. The van der Waals surface area contributed by atoms with Gasteiger partial charge in [0.25, 0.3) is 0 Å². The lowest BCUT2D eigenvalue weighted by Gasteiger charge is -2.09. The molecule has 0 saturated heterocycles. The Bertz CT molecular complexity index is 832. The van der Waals surface area contributed by atoms with Crippen LogP contribution in [0.25, 0.3) is 16.9 Å². The van der Waals surface area contributed by atoms with Crippen LogP contribution < -0.4 is 5.73 Å². The van der Waals surface area contributed by atoms with Crippen molar-refractivity contribution in [3.63, 3.8) is 0 Å². The number of nitrogen functional groups attached to an aromatic ring is 1. The molecule has 2 aromatic heterocycles. The van der Waals surface area contributed by atoms with E-state index in [1.165, 1.54) is 6.20 Å². The van der Waals surface area contributed by atoms with Crippen LogP contribution in [-0.4, -0.2) is 19.5 Å². The fourth-order valence-electron chi connectivity index (χ4n) is 2.04. The highest BCUT2D eigenvalue weighted by molar-refractivity contribution is 6.28. The number of nitrogens with two attached hydrogens (primary N) is 1. The summed E-state index contributed by atoms with van der Waals surface area (Å²) in [6.45, 7) is 0. The molecule has 0 unspecified atom stereocenters. The van der Waals surface area contributed by atoms with Crippen molar-refractivity contribution in [3.05, 3.63) is 41.6 Å². The van der Waals surface area contributed by atoms with Crippen molar-refractivity contribution in [1.29, 1.82) is 5.26 Å². The third-order valence-corrected chi connectivity index (χ3v) is 3.03. The zero-order valence-electron chi connectivity index (χ0n) is 10.3. The molecular weight excluding hydrogens is 276 g/mol. The molecule has 2 N–H and O–H groups in total. The maximum atomic E-state index is 8.95. The molecule has 0 amide bonds. The summed E-state index contributed by atoms with van der Waals surface area (Å²) in [6.07, 6.45) is 1.59. The zero-order chi connectivity index (χ0) is 14.1. The van der Waals surface area contributed by atoms with Crippen LogP contribution >= 0.6 is 11.6 Å². The second-order valence-corrected chi connectivity index (χ2v) is 4.44. The number of rotatable bonds is 2. The number of anilines is 1. The minimum absolute atomic E-state index is 0.0925. The van der Waals surface area contributed by atoms with E-state index in [0.29, 0.717) is 17.3 Å². The summed E-state index contributed by atoms with van der Waals surface area (Å²) in [5, 5.41) is 9.04. The lowest BCUT2D eigenvalue weighted by atomic mass is 10.3. The van der Waals surface area contributed by atoms with Crippen molar-refractivity contribution < 1.29 is 0 Å². The molecule has 6 nitrogen and oxygen atoms in total. The molecule has 0 radical (unpaired) electrons. The van der Waals surface area contributed by atoms with E-state index in [0.717, 1.165) is 11.0 Å². The maximum absolute atomic E-state index is 8.95. The van der Waals surface area contributed by atoms with E-state index in [9.17, 15) is 0 Å². The van der Waals surface area contributed by atoms with Crippen molar-refractivity contribution >= 4 is 28.3 Å². The van der Waals surface area contributed by atoms with Gasteiger partial charge in [0.2, 0.25) is 5.28 Å². The molecule has 98 valence electrons. The van der Waals surface area contributed by atoms with Gasteiger partial charge in [-0.15, -0.1) is 0 Å². The summed E-state index contributed by atoms with van der Waals surface area (Å²) >= 11 is 5.84. The third-order valence-electron chi connectivity index (χ3n) is 2.85. The van der Waals surface area contributed by atoms with Crippen LogP contribution in [0.2, 0.25) is 5.28 Å². The number of halogens is 1. The van der Waals surface area contributed by atoms with Crippen LogP contribution in [0.5, 0.6) is 0 Å². The average molecular weight is 285 g/mol. The largest absolute Gasteiger partial charge is 0.394 e. The van der Waals surface area contributed by atoms with E-state index in [1.54, 1.807) is 4.57 Å². The standard InChI is InChI=1S/C13H9ClN6/c14-13-17-7-8(16)12(19-13)20-10-4-2-1-3-9(10)18-11(20)5-6-15/h1-4,7H,5,16H2. The second-order valence-electron chi connectivity index (χ2n) is 4.11. The van der Waals surface area contributed by atoms with Crippen molar-refractivity contribution in [2.75, 3.05) is 5.73 Å². The molecule has 1 aromatic carbocycles. The van der Waals surface area contributed by atoms with E-state index in [1.807, 2.05) is 24.3 Å². The molecule has 0 saturated carbocycles. The van der Waals surface area contributed by atoms with Crippen molar-refractivity contribution in [3.8, 4) is 11.9 Å². The first-order valence-corrected chi connectivity index (χ1v) is 6.20. The topological polar surface area (TPSA) is 93.4 Å². The van der Waals surface area contributed by atoms with Crippen molar-refractivity contribution in [2.45, 2.75) is 6.42 Å². The molecular formula is C13H9ClN6. The molecule has 3 rings (SSSR count). The Hall–Kier alpha value is -2.65. The van der Waals surface area contributed by atoms with Gasteiger partial charge in [-0.05, 0) is 23.7 Å². The van der Waals surface area contributed by atoms with Crippen LogP contribution in [0.3, 0.4) is 0 Å². The smallest absolute Gasteiger partial charge is 0.224 e. The van der Waals surface area contributed by atoms with Gasteiger partial charge in [0, 0.05) is 0 Å². The number of aromatic nitrogens is 4. The lowest BCUT2D eigenvalue weighted by molar-refractivity contribution is 0.915. The van der Waals surface area contributed by atoms with Crippen LogP contribution in [0, 0.1) is 11.3 Å². The highest BCUT2D eigenvalue weighted by atomic mass is 35.5. The molecule has 0 aliphatic heterocycles. The quantitative estimate of drug-likeness (QED) is 0.728. The summed E-state index contributed by atoms with van der Waals surface area (Å²) in [4.78, 5) is 12.4. The van der Waals surface area contributed by atoms with Gasteiger partial charge in [0.05, 0.1) is 35.4 Å². The summed E-state index contributed by atoms with van der Waals surface area (Å²) in [6, 6.07) is 9.61. The molecule has 0 atom stereocenters. The third kappa shape index (κ3) is 1.94. The summed E-state index contributed by atoms with van der Waals surface area (Å²) in [5.74, 6) is 0.999. The highest BCUT2D eigenvalue weighted by Gasteiger charge is 2.15. The van der Waals surface area contributed by atoms with Crippen LogP contribution in [0.4, 0.5) is 5.69 Å². The number of fused-ring (bicyclic) bond motifs is 1. The molecule has 0 aliphatic rings. The van der Waals surface area contributed by atoms with E-state index < -0.39 is 0 Å². The van der Waals surface area contributed by atoms with Gasteiger partial charge in [0.1, 0.15) is 5.82 Å². The van der Waals surface area contributed by atoms with E-state index in [-0.39, 0.29) is 11.7 Å². The first-order chi connectivity index (χ1) is 9.70. The first-order valence-electron chi connectivity index (χ1n) is 5.82. The second kappa shape index (κ2) is 4.79. The van der Waals surface area contributed by atoms with Gasteiger partial charge in [0.15, 0.2) is 5.82 Å². The summed E-state index contributed by atoms with van der Waals surface area (Å²) in [5.41, 5.74) is 7.88. The van der Waals surface area contributed by atoms with E-state index in [2.05, 4.69) is 21.0 Å². The monoisotopic (exact) mass is 284 g/mol. The van der Waals surface area contributed by atoms with Gasteiger partial charge in [-0.3, -0.25) is 4.57 Å². The van der Waals surface area contributed by atoms with Crippen molar-refractivity contribution in [2.24, 2.45) is 0 Å². The van der Waals surface area contributed by atoms with E-state index >= 15 is 0 Å². The Morgan fingerprint density at radius 1 is 1.30 bits per heavy atom. The molecule has 0 spiro atoms. The number of hydrogen-bond donors (Lipinski definition) is 1. The van der Waals surface area contributed by atoms with Crippen LogP contribution in [0.1, 0.15) is 5.82 Å². The normalized spacial score (nSPS) is 10.6. The van der Waals surface area contributed by atoms with Crippen LogP contribution in [0.15, 0.2) is 30.5 Å². The van der Waals surface area contributed by atoms with Gasteiger partial charge >= 0.3 is 0 Å². The molecule has 20 heavy (non-hydrogen) atoms. The molecule has 0 bridgehead atoms. The molecule has 7 heteroatoms. The summed E-state index contributed by atoms with van der Waals surface area (Å²) < 4.78 is 1.74. The molecule has 3 aromatic rings. The number of nitrogens with zero attached hydrogens (tertiary/aromatic N) is 5. The fraction of sp³-hybridized carbons (Fsp3) is 0.0769. The van der Waals surface area contributed by atoms with E-state index in [4.69, 9.17) is 22.6 Å².